The summed E-state index contributed by atoms with van der Waals surface area (Å²) in [5.74, 6) is 0.786. The predicted octanol–water partition coefficient (Wildman–Crippen LogP) is 1.78. The van der Waals surface area contributed by atoms with Gasteiger partial charge in [-0.25, -0.2) is 0 Å². The average Bonchev–Trinajstić information content (AvgIpc) is 2.82. The third kappa shape index (κ3) is 1.91. The van der Waals surface area contributed by atoms with Gasteiger partial charge in [-0.2, -0.15) is 0 Å². The minimum atomic E-state index is 0.786. The summed E-state index contributed by atoms with van der Waals surface area (Å²) < 4.78 is 0. The smallest absolute Gasteiger partial charge is 0.0889 e. The molecule has 82 valence electrons. The molecular formula is C13H15N3. The number of rotatable bonds is 2. The normalized spacial score (nSPS) is 20.4. The highest BCUT2D eigenvalue weighted by atomic mass is 14.9. The second-order valence-electron chi connectivity index (χ2n) is 4.44. The Hall–Kier alpha value is -1.48. The highest BCUT2D eigenvalue weighted by Gasteiger charge is 2.14. The molecule has 0 aliphatic carbocycles. The Morgan fingerprint density at radius 2 is 2.06 bits per heavy atom. The summed E-state index contributed by atoms with van der Waals surface area (Å²) >= 11 is 0. The van der Waals surface area contributed by atoms with Crippen molar-refractivity contribution in [1.29, 1.82) is 0 Å². The maximum Gasteiger partial charge on any atom is 0.0889 e. The van der Waals surface area contributed by atoms with Crippen molar-refractivity contribution < 1.29 is 0 Å². The zero-order chi connectivity index (χ0) is 10.8. The van der Waals surface area contributed by atoms with E-state index in [1.165, 1.54) is 12.0 Å². The van der Waals surface area contributed by atoms with Crippen LogP contribution in [-0.2, 0) is 6.42 Å². The van der Waals surface area contributed by atoms with Gasteiger partial charge in [0.2, 0.25) is 0 Å². The SMILES string of the molecule is c1cnc2cc(CC3CCNC3)ccc2n1. The molecule has 16 heavy (non-hydrogen) atoms. The van der Waals surface area contributed by atoms with Gasteiger partial charge in [0.25, 0.3) is 0 Å². The number of nitrogens with zero attached hydrogens (tertiary/aromatic N) is 2. The number of nitrogens with one attached hydrogen (secondary N) is 1. The lowest BCUT2D eigenvalue weighted by atomic mass is 9.98. The standard InChI is InChI=1S/C13H15N3/c1-2-12-13(16-6-5-15-12)8-10(1)7-11-3-4-14-9-11/h1-2,5-6,8,11,14H,3-4,7,9H2. The number of hydrogen-bond donors (Lipinski definition) is 1. The second-order valence-corrected chi connectivity index (χ2v) is 4.44. The van der Waals surface area contributed by atoms with E-state index in [4.69, 9.17) is 0 Å². The largest absolute Gasteiger partial charge is 0.316 e. The zero-order valence-corrected chi connectivity index (χ0v) is 9.19. The van der Waals surface area contributed by atoms with Gasteiger partial charge in [-0.05, 0) is 49.5 Å². The molecule has 3 rings (SSSR count). The first kappa shape index (κ1) is 9.73. The van der Waals surface area contributed by atoms with E-state index in [-0.39, 0.29) is 0 Å². The molecule has 1 aliphatic heterocycles. The molecule has 1 aromatic carbocycles. The van der Waals surface area contributed by atoms with Crippen LogP contribution in [0.4, 0.5) is 0 Å². The average molecular weight is 213 g/mol. The summed E-state index contributed by atoms with van der Waals surface area (Å²) in [5, 5.41) is 3.40. The summed E-state index contributed by atoms with van der Waals surface area (Å²) in [4.78, 5) is 8.62. The van der Waals surface area contributed by atoms with Crippen molar-refractivity contribution in [3.63, 3.8) is 0 Å². The lowest BCUT2D eigenvalue weighted by Crippen LogP contribution is -2.10. The summed E-state index contributed by atoms with van der Waals surface area (Å²) in [5.41, 5.74) is 3.36. The first-order valence-corrected chi connectivity index (χ1v) is 5.82. The number of benzene rings is 1. The molecular weight excluding hydrogens is 198 g/mol. The fourth-order valence-corrected chi connectivity index (χ4v) is 2.36. The Labute approximate surface area is 94.9 Å². The van der Waals surface area contributed by atoms with E-state index in [1.54, 1.807) is 12.4 Å². The van der Waals surface area contributed by atoms with Crippen LogP contribution in [0.15, 0.2) is 30.6 Å². The summed E-state index contributed by atoms with van der Waals surface area (Å²) in [6.45, 7) is 2.32. The quantitative estimate of drug-likeness (QED) is 0.826. The molecule has 1 aliphatic rings. The van der Waals surface area contributed by atoms with Gasteiger partial charge in [0.1, 0.15) is 0 Å². The van der Waals surface area contributed by atoms with E-state index in [0.29, 0.717) is 0 Å². The van der Waals surface area contributed by atoms with E-state index in [0.717, 1.165) is 36.5 Å². The summed E-state index contributed by atoms with van der Waals surface area (Å²) in [6.07, 6.45) is 5.93. The van der Waals surface area contributed by atoms with E-state index in [9.17, 15) is 0 Å². The fourth-order valence-electron chi connectivity index (χ4n) is 2.36. The van der Waals surface area contributed by atoms with E-state index in [1.807, 2.05) is 0 Å². The van der Waals surface area contributed by atoms with Crippen LogP contribution in [0.2, 0.25) is 0 Å². The lowest BCUT2D eigenvalue weighted by Gasteiger charge is -2.08. The van der Waals surface area contributed by atoms with E-state index < -0.39 is 0 Å². The van der Waals surface area contributed by atoms with Crippen LogP contribution in [-0.4, -0.2) is 23.1 Å². The van der Waals surface area contributed by atoms with Crippen LogP contribution >= 0.6 is 0 Å². The molecule has 0 bridgehead atoms. The van der Waals surface area contributed by atoms with E-state index in [2.05, 4.69) is 33.5 Å². The predicted molar refractivity (Wildman–Crippen MR) is 64.2 cm³/mol. The van der Waals surface area contributed by atoms with Crippen molar-refractivity contribution >= 4 is 11.0 Å². The van der Waals surface area contributed by atoms with Crippen LogP contribution in [0.5, 0.6) is 0 Å². The second kappa shape index (κ2) is 4.18. The molecule has 1 saturated heterocycles. The molecule has 1 fully saturated rings. The minimum Gasteiger partial charge on any atom is -0.316 e. The van der Waals surface area contributed by atoms with Gasteiger partial charge < -0.3 is 5.32 Å². The van der Waals surface area contributed by atoms with Crippen LogP contribution < -0.4 is 5.32 Å². The van der Waals surface area contributed by atoms with Gasteiger partial charge >= 0.3 is 0 Å². The molecule has 1 atom stereocenters. The van der Waals surface area contributed by atoms with Crippen molar-refractivity contribution in [1.82, 2.24) is 15.3 Å². The van der Waals surface area contributed by atoms with Crippen LogP contribution in [0.3, 0.4) is 0 Å². The molecule has 0 saturated carbocycles. The number of hydrogen-bond acceptors (Lipinski definition) is 3. The maximum atomic E-state index is 4.34. The van der Waals surface area contributed by atoms with Gasteiger partial charge in [0.15, 0.2) is 0 Å². The van der Waals surface area contributed by atoms with Crippen molar-refractivity contribution in [3.05, 3.63) is 36.2 Å². The highest BCUT2D eigenvalue weighted by molar-refractivity contribution is 5.74. The van der Waals surface area contributed by atoms with Gasteiger partial charge in [0.05, 0.1) is 11.0 Å². The molecule has 1 unspecified atom stereocenters. The lowest BCUT2D eigenvalue weighted by molar-refractivity contribution is 0.580. The molecule has 3 nitrogen and oxygen atoms in total. The van der Waals surface area contributed by atoms with Crippen molar-refractivity contribution in [3.8, 4) is 0 Å². The van der Waals surface area contributed by atoms with Crippen molar-refractivity contribution in [2.24, 2.45) is 5.92 Å². The van der Waals surface area contributed by atoms with Crippen LogP contribution in [0.25, 0.3) is 11.0 Å². The Morgan fingerprint density at radius 3 is 2.88 bits per heavy atom. The molecule has 2 heterocycles. The Balaban J connectivity index is 1.86. The van der Waals surface area contributed by atoms with Crippen molar-refractivity contribution in [2.75, 3.05) is 13.1 Å². The minimum absolute atomic E-state index is 0.786. The molecule has 0 spiro atoms. The van der Waals surface area contributed by atoms with Crippen LogP contribution in [0, 0.1) is 5.92 Å². The Kier molecular flexibility index (Phi) is 2.54. The van der Waals surface area contributed by atoms with Gasteiger partial charge in [-0.3, -0.25) is 9.97 Å². The van der Waals surface area contributed by atoms with Crippen LogP contribution in [0.1, 0.15) is 12.0 Å². The molecule has 1 N–H and O–H groups in total. The highest BCUT2D eigenvalue weighted by Crippen LogP contribution is 2.17. The molecule has 2 aromatic rings. The molecule has 1 aromatic heterocycles. The van der Waals surface area contributed by atoms with Gasteiger partial charge in [-0.15, -0.1) is 0 Å². The Morgan fingerprint density at radius 1 is 1.19 bits per heavy atom. The monoisotopic (exact) mass is 213 g/mol. The zero-order valence-electron chi connectivity index (χ0n) is 9.19. The Bertz CT molecular complexity index is 489. The topological polar surface area (TPSA) is 37.8 Å². The summed E-state index contributed by atoms with van der Waals surface area (Å²) in [6, 6.07) is 6.41. The van der Waals surface area contributed by atoms with E-state index >= 15 is 0 Å². The first-order valence-electron chi connectivity index (χ1n) is 5.82. The first-order chi connectivity index (χ1) is 7.92. The van der Waals surface area contributed by atoms with Gasteiger partial charge in [-0.1, -0.05) is 6.07 Å². The third-order valence-electron chi connectivity index (χ3n) is 3.22. The summed E-state index contributed by atoms with van der Waals surface area (Å²) in [7, 11) is 0. The number of fused-ring (bicyclic) bond motifs is 1. The van der Waals surface area contributed by atoms with Gasteiger partial charge in [0, 0.05) is 12.4 Å². The number of aromatic nitrogens is 2. The fraction of sp³-hybridized carbons (Fsp3) is 0.385. The molecule has 0 amide bonds. The maximum absolute atomic E-state index is 4.34. The third-order valence-corrected chi connectivity index (χ3v) is 3.22. The molecule has 3 heteroatoms. The molecule has 0 radical (unpaired) electrons. The van der Waals surface area contributed by atoms with Crippen molar-refractivity contribution in [2.45, 2.75) is 12.8 Å².